The molecule has 0 atom stereocenters. The molecule has 3 aromatic heterocycles. The molecule has 0 saturated heterocycles. The second-order valence-electron chi connectivity index (χ2n) is 3.80. The van der Waals surface area contributed by atoms with Gasteiger partial charge in [0.25, 0.3) is 0 Å². The minimum absolute atomic E-state index is 0.492. The van der Waals surface area contributed by atoms with Crippen LogP contribution < -0.4 is 5.73 Å². The lowest BCUT2D eigenvalue weighted by Crippen LogP contribution is -2.04. The van der Waals surface area contributed by atoms with Crippen LogP contribution in [0.3, 0.4) is 0 Å². The first-order chi connectivity index (χ1) is 8.40. The monoisotopic (exact) mass is 224 g/mol. The molecule has 0 aromatic carbocycles. The fourth-order valence-corrected chi connectivity index (χ4v) is 1.98. The molecule has 0 aliphatic carbocycles. The SMILES string of the molecule is NCc1cccc2cnc(-c3ccncc3)n12. The van der Waals surface area contributed by atoms with Crippen molar-refractivity contribution in [2.75, 3.05) is 0 Å². The molecule has 4 nitrogen and oxygen atoms in total. The number of aromatic nitrogens is 3. The highest BCUT2D eigenvalue weighted by atomic mass is 15.0. The van der Waals surface area contributed by atoms with E-state index in [9.17, 15) is 0 Å². The molecule has 0 radical (unpaired) electrons. The van der Waals surface area contributed by atoms with Crippen molar-refractivity contribution in [3.05, 3.63) is 54.6 Å². The summed E-state index contributed by atoms with van der Waals surface area (Å²) >= 11 is 0. The van der Waals surface area contributed by atoms with Crippen LogP contribution in [0.25, 0.3) is 16.9 Å². The molecule has 0 aliphatic heterocycles. The molecule has 0 spiro atoms. The Kier molecular flexibility index (Phi) is 2.34. The first-order valence-electron chi connectivity index (χ1n) is 5.46. The number of pyridine rings is 2. The van der Waals surface area contributed by atoms with E-state index in [1.54, 1.807) is 12.4 Å². The average Bonchev–Trinajstić information content (AvgIpc) is 2.83. The first-order valence-corrected chi connectivity index (χ1v) is 5.46. The molecule has 0 bridgehead atoms. The normalized spacial score (nSPS) is 10.9. The fraction of sp³-hybridized carbons (Fsp3) is 0.0769. The molecule has 17 heavy (non-hydrogen) atoms. The second kappa shape index (κ2) is 3.99. The van der Waals surface area contributed by atoms with Gasteiger partial charge in [-0.25, -0.2) is 4.98 Å². The van der Waals surface area contributed by atoms with Gasteiger partial charge in [-0.15, -0.1) is 0 Å². The Morgan fingerprint density at radius 2 is 1.94 bits per heavy atom. The van der Waals surface area contributed by atoms with Crippen molar-refractivity contribution >= 4 is 5.52 Å². The van der Waals surface area contributed by atoms with Crippen LogP contribution in [0.5, 0.6) is 0 Å². The second-order valence-corrected chi connectivity index (χ2v) is 3.80. The predicted octanol–water partition coefficient (Wildman–Crippen LogP) is 1.85. The highest BCUT2D eigenvalue weighted by Gasteiger charge is 2.08. The molecule has 0 saturated carbocycles. The molecular formula is C13H12N4. The Balaban J connectivity index is 2.31. The van der Waals surface area contributed by atoms with Crippen molar-refractivity contribution in [1.82, 2.24) is 14.4 Å². The highest BCUT2D eigenvalue weighted by Crippen LogP contribution is 2.20. The smallest absolute Gasteiger partial charge is 0.144 e. The van der Waals surface area contributed by atoms with Crippen molar-refractivity contribution < 1.29 is 0 Å². The number of nitrogens with zero attached hydrogens (tertiary/aromatic N) is 3. The quantitative estimate of drug-likeness (QED) is 0.722. The standard InChI is InChI=1S/C13H12N4/c14-8-11-2-1-3-12-9-16-13(17(11)12)10-4-6-15-7-5-10/h1-7,9H,8,14H2. The molecule has 3 aromatic rings. The summed E-state index contributed by atoms with van der Waals surface area (Å²) in [5.74, 6) is 0.906. The van der Waals surface area contributed by atoms with Crippen molar-refractivity contribution in [2.24, 2.45) is 5.73 Å². The third-order valence-electron chi connectivity index (χ3n) is 2.78. The van der Waals surface area contributed by atoms with E-state index in [1.165, 1.54) is 0 Å². The highest BCUT2D eigenvalue weighted by molar-refractivity contribution is 5.62. The third-order valence-corrected chi connectivity index (χ3v) is 2.78. The summed E-state index contributed by atoms with van der Waals surface area (Å²) < 4.78 is 2.08. The number of imidazole rings is 1. The zero-order chi connectivity index (χ0) is 11.7. The van der Waals surface area contributed by atoms with Gasteiger partial charge in [0, 0.05) is 30.2 Å². The van der Waals surface area contributed by atoms with Crippen molar-refractivity contribution in [3.63, 3.8) is 0 Å². The average molecular weight is 224 g/mol. The summed E-state index contributed by atoms with van der Waals surface area (Å²) in [7, 11) is 0. The topological polar surface area (TPSA) is 56.2 Å². The summed E-state index contributed by atoms with van der Waals surface area (Å²) in [5, 5.41) is 0. The van der Waals surface area contributed by atoms with E-state index in [2.05, 4.69) is 14.4 Å². The van der Waals surface area contributed by atoms with Gasteiger partial charge in [-0.2, -0.15) is 0 Å². The molecule has 3 heterocycles. The van der Waals surface area contributed by atoms with Gasteiger partial charge >= 0.3 is 0 Å². The molecule has 4 heteroatoms. The molecule has 84 valence electrons. The van der Waals surface area contributed by atoms with Gasteiger partial charge in [-0.1, -0.05) is 6.07 Å². The number of fused-ring (bicyclic) bond motifs is 1. The minimum Gasteiger partial charge on any atom is -0.325 e. The first kappa shape index (κ1) is 9.99. The maximum atomic E-state index is 5.76. The Labute approximate surface area is 98.8 Å². The summed E-state index contributed by atoms with van der Waals surface area (Å²) in [6.07, 6.45) is 5.39. The molecule has 0 amide bonds. The van der Waals surface area contributed by atoms with Gasteiger partial charge in [0.05, 0.1) is 11.7 Å². The lowest BCUT2D eigenvalue weighted by molar-refractivity contribution is 0.946. The molecule has 0 aliphatic rings. The van der Waals surface area contributed by atoms with Crippen LogP contribution in [0.15, 0.2) is 48.9 Å². The molecule has 2 N–H and O–H groups in total. The minimum atomic E-state index is 0.492. The van der Waals surface area contributed by atoms with Gasteiger partial charge in [0.15, 0.2) is 0 Å². The Hall–Kier alpha value is -2.20. The van der Waals surface area contributed by atoms with Crippen LogP contribution in [0.2, 0.25) is 0 Å². The van der Waals surface area contributed by atoms with Crippen LogP contribution in [-0.2, 0) is 6.54 Å². The summed E-state index contributed by atoms with van der Waals surface area (Å²) in [4.78, 5) is 8.47. The summed E-state index contributed by atoms with van der Waals surface area (Å²) in [6.45, 7) is 0.492. The van der Waals surface area contributed by atoms with Gasteiger partial charge in [-0.3, -0.25) is 9.38 Å². The van der Waals surface area contributed by atoms with Crippen LogP contribution >= 0.6 is 0 Å². The summed E-state index contributed by atoms with van der Waals surface area (Å²) in [6, 6.07) is 9.93. The van der Waals surface area contributed by atoms with Crippen molar-refractivity contribution in [1.29, 1.82) is 0 Å². The Morgan fingerprint density at radius 3 is 2.71 bits per heavy atom. The molecule has 0 fully saturated rings. The van der Waals surface area contributed by atoms with Crippen LogP contribution in [0, 0.1) is 0 Å². The van der Waals surface area contributed by atoms with Crippen molar-refractivity contribution in [2.45, 2.75) is 6.54 Å². The Bertz CT molecular complexity index is 643. The van der Waals surface area contributed by atoms with Crippen LogP contribution in [-0.4, -0.2) is 14.4 Å². The van der Waals surface area contributed by atoms with Gasteiger partial charge in [0.2, 0.25) is 0 Å². The maximum Gasteiger partial charge on any atom is 0.144 e. The van der Waals surface area contributed by atoms with E-state index in [4.69, 9.17) is 5.73 Å². The van der Waals surface area contributed by atoms with Crippen LogP contribution in [0.4, 0.5) is 0 Å². The van der Waals surface area contributed by atoms with Gasteiger partial charge in [-0.05, 0) is 24.3 Å². The number of nitrogens with two attached hydrogens (primary N) is 1. The number of rotatable bonds is 2. The summed E-state index contributed by atoms with van der Waals surface area (Å²) in [5.41, 5.74) is 8.91. The van der Waals surface area contributed by atoms with E-state index >= 15 is 0 Å². The number of hydrogen-bond donors (Lipinski definition) is 1. The molecular weight excluding hydrogens is 212 g/mol. The van der Waals surface area contributed by atoms with Gasteiger partial charge in [0.1, 0.15) is 5.82 Å². The van der Waals surface area contributed by atoms with E-state index in [1.807, 2.05) is 36.5 Å². The number of hydrogen-bond acceptors (Lipinski definition) is 3. The lowest BCUT2D eigenvalue weighted by atomic mass is 10.2. The lowest BCUT2D eigenvalue weighted by Gasteiger charge is -2.06. The van der Waals surface area contributed by atoms with Gasteiger partial charge < -0.3 is 5.73 Å². The largest absolute Gasteiger partial charge is 0.325 e. The predicted molar refractivity (Wildman–Crippen MR) is 66.3 cm³/mol. The van der Waals surface area contributed by atoms with E-state index < -0.39 is 0 Å². The maximum absolute atomic E-state index is 5.76. The van der Waals surface area contributed by atoms with Crippen molar-refractivity contribution in [3.8, 4) is 11.4 Å². The molecule has 3 rings (SSSR count). The Morgan fingerprint density at radius 1 is 1.12 bits per heavy atom. The molecule has 0 unspecified atom stereocenters. The van der Waals surface area contributed by atoms with E-state index in [0.29, 0.717) is 6.54 Å². The zero-order valence-electron chi connectivity index (χ0n) is 9.24. The fourth-order valence-electron chi connectivity index (χ4n) is 1.98. The van der Waals surface area contributed by atoms with Crippen LogP contribution in [0.1, 0.15) is 5.69 Å². The van der Waals surface area contributed by atoms with E-state index in [0.717, 1.165) is 22.6 Å². The third kappa shape index (κ3) is 1.59. The zero-order valence-corrected chi connectivity index (χ0v) is 9.24. The van der Waals surface area contributed by atoms with E-state index in [-0.39, 0.29) is 0 Å².